The Morgan fingerprint density at radius 3 is 2.71 bits per heavy atom. The minimum absolute atomic E-state index is 0.234. The van der Waals surface area contributed by atoms with Gasteiger partial charge >= 0.3 is 0 Å². The summed E-state index contributed by atoms with van der Waals surface area (Å²) in [5.41, 5.74) is 5.70. The fraction of sp³-hybridized carbons (Fsp3) is 0.636. The van der Waals surface area contributed by atoms with Crippen molar-refractivity contribution >= 4 is 0 Å². The van der Waals surface area contributed by atoms with Crippen LogP contribution in [0.15, 0.2) is 16.5 Å². The van der Waals surface area contributed by atoms with E-state index >= 15 is 0 Å². The molecule has 0 fully saturated rings. The van der Waals surface area contributed by atoms with E-state index in [-0.39, 0.29) is 5.54 Å². The molecule has 1 rings (SSSR count). The second-order valence-corrected chi connectivity index (χ2v) is 4.01. The van der Waals surface area contributed by atoms with Crippen LogP contribution in [-0.2, 0) is 11.3 Å². The van der Waals surface area contributed by atoms with Crippen molar-refractivity contribution in [2.75, 3.05) is 6.61 Å². The first-order chi connectivity index (χ1) is 6.53. The first kappa shape index (κ1) is 11.3. The second kappa shape index (κ2) is 4.62. The second-order valence-electron chi connectivity index (χ2n) is 4.01. The summed E-state index contributed by atoms with van der Waals surface area (Å²) in [6, 6.07) is 3.86. The molecule has 1 unspecified atom stereocenters. The van der Waals surface area contributed by atoms with Gasteiger partial charge in [0, 0.05) is 5.54 Å². The van der Waals surface area contributed by atoms with E-state index in [1.54, 1.807) is 0 Å². The molecule has 0 radical (unpaired) electrons. The molecule has 0 saturated heterocycles. The largest absolute Gasteiger partial charge is 0.464 e. The lowest BCUT2D eigenvalue weighted by atomic mass is 10.0. The van der Waals surface area contributed by atoms with Crippen molar-refractivity contribution in [3.05, 3.63) is 23.7 Å². The minimum Gasteiger partial charge on any atom is -0.464 e. The number of ether oxygens (including phenoxy) is 1. The zero-order valence-corrected chi connectivity index (χ0v) is 9.17. The molecule has 3 nitrogen and oxygen atoms in total. The molecule has 0 amide bonds. The number of hydrogen-bond donors (Lipinski definition) is 1. The molecule has 0 saturated carbocycles. The van der Waals surface area contributed by atoms with Gasteiger partial charge in [-0.15, -0.1) is 0 Å². The molecule has 1 atom stereocenters. The monoisotopic (exact) mass is 197 g/mol. The van der Waals surface area contributed by atoms with Gasteiger partial charge in [0.2, 0.25) is 0 Å². The summed E-state index contributed by atoms with van der Waals surface area (Å²) in [5, 5.41) is 0. The topological polar surface area (TPSA) is 48.4 Å². The maximum absolute atomic E-state index is 5.93. The molecule has 0 aliphatic carbocycles. The Bertz CT molecular complexity index is 279. The molecule has 0 bridgehead atoms. The highest BCUT2D eigenvalue weighted by atomic mass is 16.5. The van der Waals surface area contributed by atoms with Crippen LogP contribution < -0.4 is 5.73 Å². The molecule has 2 N–H and O–H groups in total. The maximum atomic E-state index is 5.93. The normalized spacial score (nSPS) is 15.4. The van der Waals surface area contributed by atoms with Gasteiger partial charge in [0.05, 0.1) is 6.61 Å². The Morgan fingerprint density at radius 1 is 1.50 bits per heavy atom. The van der Waals surface area contributed by atoms with Crippen LogP contribution in [0.5, 0.6) is 0 Å². The van der Waals surface area contributed by atoms with Gasteiger partial charge in [-0.25, -0.2) is 0 Å². The summed E-state index contributed by atoms with van der Waals surface area (Å²) in [7, 11) is 0. The van der Waals surface area contributed by atoms with Gasteiger partial charge in [-0.3, -0.25) is 0 Å². The Morgan fingerprint density at radius 2 is 2.21 bits per heavy atom. The molecule has 0 aliphatic heterocycles. The van der Waals surface area contributed by atoms with Crippen molar-refractivity contribution < 1.29 is 9.15 Å². The van der Waals surface area contributed by atoms with Crippen LogP contribution in [0.3, 0.4) is 0 Å². The van der Waals surface area contributed by atoms with Gasteiger partial charge in [0.1, 0.15) is 18.1 Å². The molecule has 1 aromatic heterocycles. The lowest BCUT2D eigenvalue weighted by Gasteiger charge is -2.21. The van der Waals surface area contributed by atoms with E-state index < -0.39 is 0 Å². The van der Waals surface area contributed by atoms with E-state index in [0.29, 0.717) is 13.2 Å². The lowest BCUT2D eigenvalue weighted by Crippen LogP contribution is -2.40. The third-order valence-electron chi connectivity index (χ3n) is 2.28. The van der Waals surface area contributed by atoms with Gasteiger partial charge in [-0.1, -0.05) is 6.92 Å². The molecule has 14 heavy (non-hydrogen) atoms. The van der Waals surface area contributed by atoms with Crippen molar-refractivity contribution in [1.82, 2.24) is 0 Å². The summed E-state index contributed by atoms with van der Waals surface area (Å²) >= 11 is 0. The molecule has 0 aromatic carbocycles. The molecule has 80 valence electrons. The van der Waals surface area contributed by atoms with E-state index in [9.17, 15) is 0 Å². The van der Waals surface area contributed by atoms with Crippen LogP contribution in [0, 0.1) is 6.92 Å². The predicted octanol–water partition coefficient (Wildman–Crippen LogP) is 2.23. The molecule has 0 spiro atoms. The lowest BCUT2D eigenvalue weighted by molar-refractivity contribution is 0.0666. The highest BCUT2D eigenvalue weighted by molar-refractivity contribution is 5.04. The van der Waals surface area contributed by atoms with Crippen LogP contribution >= 0.6 is 0 Å². The SMILES string of the molecule is CCC(C)(N)COCc1ccc(C)o1. The van der Waals surface area contributed by atoms with Crippen molar-refractivity contribution in [3.63, 3.8) is 0 Å². The molecular formula is C11H19NO2. The van der Waals surface area contributed by atoms with Crippen LogP contribution in [0.4, 0.5) is 0 Å². The van der Waals surface area contributed by atoms with Gasteiger partial charge in [0.25, 0.3) is 0 Å². The molecule has 1 aromatic rings. The quantitative estimate of drug-likeness (QED) is 0.787. The third kappa shape index (κ3) is 3.52. The van der Waals surface area contributed by atoms with Crippen LogP contribution in [0.2, 0.25) is 0 Å². The van der Waals surface area contributed by atoms with Gasteiger partial charge in [0.15, 0.2) is 0 Å². The molecular weight excluding hydrogens is 178 g/mol. The average Bonchev–Trinajstić information content (AvgIpc) is 2.51. The van der Waals surface area contributed by atoms with Crippen LogP contribution in [-0.4, -0.2) is 12.1 Å². The molecule has 0 aliphatic rings. The summed E-state index contributed by atoms with van der Waals surface area (Å²) in [6.07, 6.45) is 0.907. The third-order valence-corrected chi connectivity index (χ3v) is 2.28. The van der Waals surface area contributed by atoms with E-state index in [1.807, 2.05) is 26.0 Å². The van der Waals surface area contributed by atoms with Crippen molar-refractivity contribution in [2.24, 2.45) is 5.73 Å². The van der Waals surface area contributed by atoms with E-state index in [4.69, 9.17) is 14.9 Å². The van der Waals surface area contributed by atoms with Gasteiger partial charge in [-0.2, -0.15) is 0 Å². The van der Waals surface area contributed by atoms with Crippen molar-refractivity contribution in [3.8, 4) is 0 Å². The van der Waals surface area contributed by atoms with Crippen LogP contribution in [0.1, 0.15) is 31.8 Å². The van der Waals surface area contributed by atoms with Crippen molar-refractivity contribution in [2.45, 2.75) is 39.3 Å². The Labute approximate surface area is 85.2 Å². The zero-order chi connectivity index (χ0) is 10.6. The number of furan rings is 1. The number of nitrogens with two attached hydrogens (primary N) is 1. The van der Waals surface area contributed by atoms with Crippen molar-refractivity contribution in [1.29, 1.82) is 0 Å². The molecule has 3 heteroatoms. The summed E-state index contributed by atoms with van der Waals surface area (Å²) in [5.74, 6) is 1.77. The van der Waals surface area contributed by atoms with E-state index in [2.05, 4.69) is 6.92 Å². The smallest absolute Gasteiger partial charge is 0.129 e. The Kier molecular flexibility index (Phi) is 3.72. The van der Waals surface area contributed by atoms with E-state index in [0.717, 1.165) is 17.9 Å². The first-order valence-corrected chi connectivity index (χ1v) is 4.95. The Hall–Kier alpha value is -0.800. The van der Waals surface area contributed by atoms with Gasteiger partial charge < -0.3 is 14.9 Å². The maximum Gasteiger partial charge on any atom is 0.129 e. The highest BCUT2D eigenvalue weighted by Crippen LogP contribution is 2.10. The molecule has 1 heterocycles. The zero-order valence-electron chi connectivity index (χ0n) is 9.17. The standard InChI is InChI=1S/C11H19NO2/c1-4-11(3,12)8-13-7-10-6-5-9(2)14-10/h5-6H,4,7-8,12H2,1-3H3. The number of aryl methyl sites for hydroxylation is 1. The average molecular weight is 197 g/mol. The summed E-state index contributed by atoms with van der Waals surface area (Å²) < 4.78 is 10.8. The number of rotatable bonds is 5. The highest BCUT2D eigenvalue weighted by Gasteiger charge is 2.15. The predicted molar refractivity (Wildman–Crippen MR) is 56.0 cm³/mol. The van der Waals surface area contributed by atoms with Gasteiger partial charge in [-0.05, 0) is 32.4 Å². The number of hydrogen-bond acceptors (Lipinski definition) is 3. The fourth-order valence-electron chi connectivity index (χ4n) is 1.05. The minimum atomic E-state index is -0.234. The summed E-state index contributed by atoms with van der Waals surface area (Å²) in [4.78, 5) is 0. The summed E-state index contributed by atoms with van der Waals surface area (Å²) in [6.45, 7) is 7.02. The van der Waals surface area contributed by atoms with E-state index in [1.165, 1.54) is 0 Å². The first-order valence-electron chi connectivity index (χ1n) is 4.95. The Balaban J connectivity index is 2.28. The van der Waals surface area contributed by atoms with Crippen LogP contribution in [0.25, 0.3) is 0 Å². The fourth-order valence-corrected chi connectivity index (χ4v) is 1.05.